The predicted octanol–water partition coefficient (Wildman–Crippen LogP) is 6.50. The van der Waals surface area contributed by atoms with E-state index in [1.807, 2.05) is 97.9 Å². The van der Waals surface area contributed by atoms with Gasteiger partial charge in [-0.25, -0.2) is 0 Å². The topological polar surface area (TPSA) is 46.2 Å². The van der Waals surface area contributed by atoms with Crippen molar-refractivity contribution in [1.29, 1.82) is 0 Å². The van der Waals surface area contributed by atoms with Crippen LogP contribution in [0.1, 0.15) is 32.6 Å². The quantitative estimate of drug-likeness (QED) is 0.251. The Morgan fingerprint density at radius 3 is 1.75 bits per heavy atom. The fourth-order valence-electron chi connectivity index (χ4n) is 3.67. The highest BCUT2D eigenvalue weighted by Gasteiger charge is 2.39. The summed E-state index contributed by atoms with van der Waals surface area (Å²) in [6.07, 6.45) is 0. The minimum atomic E-state index is -1.12. The standard InChI is InChI=1S/C28H22BrNO2/c1-20-17-18-25(24(19-20)26(31)21-11-5-2-6-12-21)30-27(32)28(29,22-13-7-3-8-14-22)23-15-9-4-10-16-23/h2-19H,1H3,(H,30,32). The van der Waals surface area contributed by atoms with Crippen molar-refractivity contribution in [2.75, 3.05) is 5.32 Å². The van der Waals surface area contributed by atoms with E-state index in [9.17, 15) is 9.59 Å². The molecule has 0 saturated heterocycles. The van der Waals surface area contributed by atoms with E-state index < -0.39 is 4.32 Å². The molecular formula is C28H22BrNO2. The van der Waals surface area contributed by atoms with Crippen LogP contribution >= 0.6 is 15.9 Å². The van der Waals surface area contributed by atoms with Crippen molar-refractivity contribution in [3.05, 3.63) is 137 Å². The fourth-order valence-corrected chi connectivity index (χ4v) is 4.30. The largest absolute Gasteiger partial charge is 0.324 e. The Balaban J connectivity index is 1.76. The summed E-state index contributed by atoms with van der Waals surface area (Å²) in [5, 5.41) is 3.02. The van der Waals surface area contributed by atoms with Gasteiger partial charge in [0.1, 0.15) is 0 Å². The maximum absolute atomic E-state index is 13.8. The van der Waals surface area contributed by atoms with Gasteiger partial charge >= 0.3 is 0 Å². The molecule has 4 rings (SSSR count). The second kappa shape index (κ2) is 9.33. The summed E-state index contributed by atoms with van der Waals surface area (Å²) in [6.45, 7) is 1.93. The number of anilines is 1. The first-order chi connectivity index (χ1) is 15.5. The van der Waals surface area contributed by atoms with Gasteiger partial charge in [-0.05, 0) is 30.2 Å². The third-order valence-corrected chi connectivity index (χ3v) is 6.64. The molecule has 4 aromatic carbocycles. The highest BCUT2D eigenvalue weighted by molar-refractivity contribution is 9.10. The molecule has 0 saturated carbocycles. The number of amides is 1. The minimum absolute atomic E-state index is 0.135. The highest BCUT2D eigenvalue weighted by Crippen LogP contribution is 2.40. The normalized spacial score (nSPS) is 11.1. The predicted molar refractivity (Wildman–Crippen MR) is 132 cm³/mol. The third kappa shape index (κ3) is 4.27. The van der Waals surface area contributed by atoms with E-state index in [0.29, 0.717) is 16.8 Å². The summed E-state index contributed by atoms with van der Waals surface area (Å²) in [7, 11) is 0. The number of nitrogens with one attached hydrogen (secondary N) is 1. The third-order valence-electron chi connectivity index (χ3n) is 5.36. The first kappa shape index (κ1) is 21.7. The highest BCUT2D eigenvalue weighted by atomic mass is 79.9. The smallest absolute Gasteiger partial charge is 0.250 e. The molecule has 0 fully saturated rings. The van der Waals surface area contributed by atoms with Crippen molar-refractivity contribution in [3.63, 3.8) is 0 Å². The zero-order valence-corrected chi connectivity index (χ0v) is 19.2. The van der Waals surface area contributed by atoms with Gasteiger partial charge in [-0.2, -0.15) is 0 Å². The summed E-state index contributed by atoms with van der Waals surface area (Å²) >= 11 is 3.75. The molecule has 158 valence electrons. The summed E-state index contributed by atoms with van der Waals surface area (Å²) in [4.78, 5) is 27.0. The fraction of sp³-hybridized carbons (Fsp3) is 0.0714. The Hall–Kier alpha value is -3.50. The van der Waals surface area contributed by atoms with E-state index in [-0.39, 0.29) is 11.7 Å². The Bertz CT molecular complexity index is 1200. The SMILES string of the molecule is Cc1ccc(NC(=O)C(Br)(c2ccccc2)c2ccccc2)c(C(=O)c2ccccc2)c1. The van der Waals surface area contributed by atoms with E-state index in [2.05, 4.69) is 21.2 Å². The molecule has 0 unspecified atom stereocenters. The average molecular weight is 484 g/mol. The molecule has 0 heterocycles. The lowest BCUT2D eigenvalue weighted by atomic mass is 9.89. The van der Waals surface area contributed by atoms with Gasteiger partial charge in [0.25, 0.3) is 0 Å². The van der Waals surface area contributed by atoms with Crippen molar-refractivity contribution in [2.45, 2.75) is 11.2 Å². The van der Waals surface area contributed by atoms with Crippen LogP contribution in [0.5, 0.6) is 0 Å². The van der Waals surface area contributed by atoms with Crippen LogP contribution in [0.4, 0.5) is 5.69 Å². The first-order valence-corrected chi connectivity index (χ1v) is 11.1. The van der Waals surface area contributed by atoms with Crippen LogP contribution in [0.2, 0.25) is 0 Å². The van der Waals surface area contributed by atoms with Crippen molar-refractivity contribution < 1.29 is 9.59 Å². The van der Waals surface area contributed by atoms with Crippen molar-refractivity contribution >= 4 is 33.3 Å². The van der Waals surface area contributed by atoms with Gasteiger partial charge in [0.2, 0.25) is 5.91 Å². The van der Waals surface area contributed by atoms with Crippen LogP contribution in [-0.4, -0.2) is 11.7 Å². The Morgan fingerprint density at radius 2 is 1.22 bits per heavy atom. The lowest BCUT2D eigenvalue weighted by molar-refractivity contribution is -0.117. The Kier molecular flexibility index (Phi) is 6.33. The summed E-state index contributed by atoms with van der Waals surface area (Å²) in [5.41, 5.74) is 4.05. The maximum atomic E-state index is 13.8. The molecule has 0 spiro atoms. The zero-order chi connectivity index (χ0) is 22.6. The van der Waals surface area contributed by atoms with Gasteiger partial charge in [-0.1, -0.05) is 119 Å². The molecule has 0 bridgehead atoms. The zero-order valence-electron chi connectivity index (χ0n) is 17.6. The van der Waals surface area contributed by atoms with E-state index >= 15 is 0 Å². The molecule has 4 heteroatoms. The van der Waals surface area contributed by atoms with Gasteiger partial charge in [-0.15, -0.1) is 0 Å². The first-order valence-electron chi connectivity index (χ1n) is 10.3. The number of halogens is 1. The van der Waals surface area contributed by atoms with Crippen LogP contribution < -0.4 is 5.32 Å². The molecule has 0 aromatic heterocycles. The average Bonchev–Trinajstić information content (AvgIpc) is 2.85. The van der Waals surface area contributed by atoms with Crippen LogP contribution in [-0.2, 0) is 9.12 Å². The van der Waals surface area contributed by atoms with Crippen molar-refractivity contribution in [3.8, 4) is 0 Å². The van der Waals surface area contributed by atoms with E-state index in [4.69, 9.17) is 0 Å². The molecule has 32 heavy (non-hydrogen) atoms. The number of alkyl halides is 1. The van der Waals surface area contributed by atoms with Gasteiger partial charge in [-0.3, -0.25) is 9.59 Å². The lowest BCUT2D eigenvalue weighted by Gasteiger charge is -2.28. The number of benzene rings is 4. The second-order valence-corrected chi connectivity index (χ2v) is 8.78. The summed E-state index contributed by atoms with van der Waals surface area (Å²) < 4.78 is -1.12. The monoisotopic (exact) mass is 483 g/mol. The molecule has 0 aliphatic heterocycles. The molecule has 0 radical (unpaired) electrons. The van der Waals surface area contributed by atoms with Crippen molar-refractivity contribution in [2.24, 2.45) is 0 Å². The lowest BCUT2D eigenvalue weighted by Crippen LogP contribution is -2.36. The number of carbonyl (C=O) groups excluding carboxylic acids is 2. The molecule has 3 nitrogen and oxygen atoms in total. The van der Waals surface area contributed by atoms with E-state index in [0.717, 1.165) is 16.7 Å². The van der Waals surface area contributed by atoms with Gasteiger partial charge in [0.15, 0.2) is 10.1 Å². The second-order valence-electron chi connectivity index (χ2n) is 7.59. The number of aryl methyl sites for hydroxylation is 1. The Labute approximate surface area is 196 Å². The molecule has 1 amide bonds. The number of hydrogen-bond donors (Lipinski definition) is 1. The Morgan fingerprint density at radius 1 is 0.719 bits per heavy atom. The van der Waals surface area contributed by atoms with Gasteiger partial charge < -0.3 is 5.32 Å². The number of carbonyl (C=O) groups is 2. The molecule has 1 N–H and O–H groups in total. The van der Waals surface area contributed by atoms with Crippen LogP contribution in [0.15, 0.2) is 109 Å². The molecule has 4 aromatic rings. The number of ketones is 1. The molecule has 0 aliphatic rings. The molecule has 0 atom stereocenters. The van der Waals surface area contributed by atoms with Gasteiger partial charge in [0.05, 0.1) is 5.69 Å². The van der Waals surface area contributed by atoms with E-state index in [1.165, 1.54) is 0 Å². The minimum Gasteiger partial charge on any atom is -0.324 e. The van der Waals surface area contributed by atoms with Crippen molar-refractivity contribution in [1.82, 2.24) is 0 Å². The van der Waals surface area contributed by atoms with Crippen LogP contribution in [0, 0.1) is 6.92 Å². The summed E-state index contributed by atoms with van der Waals surface area (Å²) in [6, 6.07) is 33.6. The van der Waals surface area contributed by atoms with E-state index in [1.54, 1.807) is 18.2 Å². The number of hydrogen-bond acceptors (Lipinski definition) is 2. The van der Waals surface area contributed by atoms with Crippen LogP contribution in [0.25, 0.3) is 0 Å². The maximum Gasteiger partial charge on any atom is 0.250 e. The number of rotatable bonds is 6. The van der Waals surface area contributed by atoms with Gasteiger partial charge in [0, 0.05) is 11.1 Å². The summed E-state index contributed by atoms with van der Waals surface area (Å²) in [5.74, 6) is -0.412. The van der Waals surface area contributed by atoms with Crippen LogP contribution in [0.3, 0.4) is 0 Å². The molecular weight excluding hydrogens is 462 g/mol. The molecule has 0 aliphatic carbocycles.